The number of aromatic amines is 1. The van der Waals surface area contributed by atoms with Crippen LogP contribution in [0.5, 0.6) is 0 Å². The van der Waals surface area contributed by atoms with Gasteiger partial charge in [-0.05, 0) is 47.8 Å². The fraction of sp³-hybridized carbons (Fsp3) is 0. The van der Waals surface area contributed by atoms with Crippen molar-refractivity contribution in [1.29, 1.82) is 0 Å². The molecule has 0 fully saturated rings. The summed E-state index contributed by atoms with van der Waals surface area (Å²) in [6.07, 6.45) is 1.45. The van der Waals surface area contributed by atoms with Gasteiger partial charge in [-0.15, -0.1) is 0 Å². The number of H-pyrrole nitrogens is 1. The van der Waals surface area contributed by atoms with Gasteiger partial charge in [-0.1, -0.05) is 0 Å². The van der Waals surface area contributed by atoms with E-state index in [0.717, 1.165) is 0 Å². The summed E-state index contributed by atoms with van der Waals surface area (Å²) in [5.74, 6) is -0.426. The van der Waals surface area contributed by atoms with E-state index in [-0.39, 0.29) is 11.4 Å². The van der Waals surface area contributed by atoms with Crippen molar-refractivity contribution >= 4 is 65.1 Å². The summed E-state index contributed by atoms with van der Waals surface area (Å²) in [5.41, 5.74) is 0.550. The summed E-state index contributed by atoms with van der Waals surface area (Å²) >= 11 is 9.56. The molecule has 20 heavy (non-hydrogen) atoms. The van der Waals surface area contributed by atoms with Gasteiger partial charge in [0, 0.05) is 21.1 Å². The summed E-state index contributed by atoms with van der Waals surface area (Å²) in [6.45, 7) is 0. The Morgan fingerprint density at radius 1 is 1.25 bits per heavy atom. The van der Waals surface area contributed by atoms with Crippen LogP contribution in [0.2, 0.25) is 0 Å². The number of halogens is 3. The van der Waals surface area contributed by atoms with Gasteiger partial charge in [0.25, 0.3) is 11.6 Å². The number of rotatable bonds is 3. The highest BCUT2D eigenvalue weighted by Gasteiger charge is 2.18. The van der Waals surface area contributed by atoms with Crippen LogP contribution < -0.4 is 5.32 Å². The number of carbonyl (C=O) groups excluding carboxylic acids is 1. The molecule has 0 unspecified atom stereocenters. The Labute approximate surface area is 137 Å². The van der Waals surface area contributed by atoms with Gasteiger partial charge in [0.2, 0.25) is 0 Å². The zero-order chi connectivity index (χ0) is 14.9. The standard InChI is InChI=1S/C10H5Br3N4O3/c11-5-1-4(17(19)20)2-6(12)8(5)15-10(18)9-7(13)3-14-16-9/h1-3H,(H,14,16)(H,15,18). The topological polar surface area (TPSA) is 101 Å². The first kappa shape index (κ1) is 15.1. The van der Waals surface area contributed by atoms with Crippen molar-refractivity contribution in [1.82, 2.24) is 10.2 Å². The van der Waals surface area contributed by atoms with Crippen molar-refractivity contribution in [2.75, 3.05) is 5.32 Å². The third-order valence-electron chi connectivity index (χ3n) is 2.30. The largest absolute Gasteiger partial charge is 0.319 e. The van der Waals surface area contributed by atoms with Crippen LogP contribution in [0.1, 0.15) is 10.5 Å². The summed E-state index contributed by atoms with van der Waals surface area (Å²) in [6, 6.07) is 2.62. The van der Waals surface area contributed by atoms with E-state index >= 15 is 0 Å². The highest BCUT2D eigenvalue weighted by molar-refractivity contribution is 9.11. The molecular weight excluding hydrogens is 464 g/mol. The van der Waals surface area contributed by atoms with Crippen molar-refractivity contribution < 1.29 is 9.72 Å². The lowest BCUT2D eigenvalue weighted by atomic mass is 10.2. The van der Waals surface area contributed by atoms with Gasteiger partial charge in [-0.25, -0.2) is 0 Å². The number of aromatic nitrogens is 2. The lowest BCUT2D eigenvalue weighted by Crippen LogP contribution is -2.14. The summed E-state index contributed by atoms with van der Waals surface area (Å²) < 4.78 is 1.30. The molecule has 0 spiro atoms. The molecule has 7 nitrogen and oxygen atoms in total. The smallest absolute Gasteiger partial charge is 0.274 e. The number of nitrogens with zero attached hydrogens (tertiary/aromatic N) is 2. The molecule has 1 heterocycles. The monoisotopic (exact) mass is 466 g/mol. The highest BCUT2D eigenvalue weighted by atomic mass is 79.9. The maximum atomic E-state index is 12.0. The molecule has 0 atom stereocenters. The van der Waals surface area contributed by atoms with Gasteiger partial charge in [-0.3, -0.25) is 20.0 Å². The van der Waals surface area contributed by atoms with Crippen molar-refractivity contribution in [3.63, 3.8) is 0 Å². The molecule has 0 radical (unpaired) electrons. The van der Waals surface area contributed by atoms with Crippen LogP contribution in [0.25, 0.3) is 0 Å². The number of non-ortho nitro benzene ring substituents is 1. The lowest BCUT2D eigenvalue weighted by Gasteiger charge is -2.09. The Morgan fingerprint density at radius 3 is 2.30 bits per heavy atom. The molecule has 1 amide bonds. The summed E-state index contributed by atoms with van der Waals surface area (Å²) in [7, 11) is 0. The average Bonchev–Trinajstić information content (AvgIpc) is 2.79. The first-order chi connectivity index (χ1) is 9.40. The molecule has 0 saturated carbocycles. The Bertz CT molecular complexity index is 678. The van der Waals surface area contributed by atoms with Gasteiger partial charge in [-0.2, -0.15) is 5.10 Å². The minimum atomic E-state index is -0.521. The lowest BCUT2D eigenvalue weighted by molar-refractivity contribution is -0.385. The molecule has 2 rings (SSSR count). The van der Waals surface area contributed by atoms with E-state index in [9.17, 15) is 14.9 Å². The molecule has 2 N–H and O–H groups in total. The third kappa shape index (κ3) is 3.07. The van der Waals surface area contributed by atoms with Gasteiger partial charge < -0.3 is 5.32 Å². The number of carbonyl (C=O) groups is 1. The zero-order valence-electron chi connectivity index (χ0n) is 9.49. The Kier molecular flexibility index (Phi) is 4.55. The fourth-order valence-electron chi connectivity index (χ4n) is 1.39. The van der Waals surface area contributed by atoms with Gasteiger partial charge in [0.15, 0.2) is 0 Å². The number of nitrogens with one attached hydrogen (secondary N) is 2. The Hall–Kier alpha value is -1.26. The zero-order valence-corrected chi connectivity index (χ0v) is 14.2. The van der Waals surface area contributed by atoms with E-state index in [1.807, 2.05) is 0 Å². The number of amides is 1. The van der Waals surface area contributed by atoms with Gasteiger partial charge in [0.05, 0.1) is 21.3 Å². The van der Waals surface area contributed by atoms with Crippen LogP contribution in [-0.2, 0) is 0 Å². The second kappa shape index (κ2) is 6.02. The molecule has 10 heteroatoms. The van der Waals surface area contributed by atoms with Crippen molar-refractivity contribution in [3.05, 3.63) is 47.6 Å². The second-order valence-electron chi connectivity index (χ2n) is 3.59. The molecule has 0 bridgehead atoms. The second-order valence-corrected chi connectivity index (χ2v) is 6.15. The number of nitro benzene ring substituents is 1. The molecule has 0 aliphatic rings. The molecule has 1 aromatic heterocycles. The maximum absolute atomic E-state index is 12.0. The average molecular weight is 469 g/mol. The molecule has 1 aromatic carbocycles. The number of hydrogen-bond donors (Lipinski definition) is 2. The predicted octanol–water partition coefficient (Wildman–Crippen LogP) is 3.86. The minimum absolute atomic E-state index is 0.0931. The highest BCUT2D eigenvalue weighted by Crippen LogP contribution is 2.35. The molecule has 0 saturated heterocycles. The third-order valence-corrected chi connectivity index (χ3v) is 4.15. The Morgan fingerprint density at radius 2 is 1.85 bits per heavy atom. The number of benzene rings is 1. The van der Waals surface area contributed by atoms with E-state index in [1.165, 1.54) is 18.3 Å². The van der Waals surface area contributed by atoms with Crippen LogP contribution >= 0.6 is 47.8 Å². The van der Waals surface area contributed by atoms with E-state index in [2.05, 4.69) is 63.3 Å². The molecule has 104 valence electrons. The van der Waals surface area contributed by atoms with Crippen LogP contribution in [0.3, 0.4) is 0 Å². The normalized spacial score (nSPS) is 10.3. The molecule has 2 aromatic rings. The van der Waals surface area contributed by atoms with Crippen LogP contribution in [0.15, 0.2) is 31.7 Å². The molecular formula is C10H5Br3N4O3. The van der Waals surface area contributed by atoms with Crippen molar-refractivity contribution in [2.45, 2.75) is 0 Å². The first-order valence-electron chi connectivity index (χ1n) is 5.04. The fourth-order valence-corrected chi connectivity index (χ4v) is 3.12. The van der Waals surface area contributed by atoms with Crippen molar-refractivity contribution in [2.24, 2.45) is 0 Å². The summed E-state index contributed by atoms with van der Waals surface area (Å²) in [4.78, 5) is 22.2. The van der Waals surface area contributed by atoms with Gasteiger partial charge in [0.1, 0.15) is 5.69 Å². The van der Waals surface area contributed by atoms with Crippen LogP contribution in [0, 0.1) is 10.1 Å². The molecule has 0 aliphatic carbocycles. The summed E-state index contributed by atoms with van der Waals surface area (Å²) in [5, 5.41) is 19.6. The maximum Gasteiger partial charge on any atom is 0.274 e. The quantitative estimate of drug-likeness (QED) is 0.527. The van der Waals surface area contributed by atoms with Crippen LogP contribution in [-0.4, -0.2) is 21.0 Å². The van der Waals surface area contributed by atoms with E-state index in [0.29, 0.717) is 19.1 Å². The first-order valence-corrected chi connectivity index (χ1v) is 7.41. The number of nitro groups is 1. The van der Waals surface area contributed by atoms with E-state index < -0.39 is 10.8 Å². The van der Waals surface area contributed by atoms with Gasteiger partial charge >= 0.3 is 0 Å². The van der Waals surface area contributed by atoms with E-state index in [4.69, 9.17) is 0 Å². The minimum Gasteiger partial charge on any atom is -0.319 e. The number of anilines is 1. The van der Waals surface area contributed by atoms with E-state index in [1.54, 1.807) is 0 Å². The molecule has 0 aliphatic heterocycles. The number of hydrogen-bond acceptors (Lipinski definition) is 4. The van der Waals surface area contributed by atoms with Crippen LogP contribution in [0.4, 0.5) is 11.4 Å². The Balaban J connectivity index is 2.33. The van der Waals surface area contributed by atoms with Crippen molar-refractivity contribution in [3.8, 4) is 0 Å². The predicted molar refractivity (Wildman–Crippen MR) is 82.7 cm³/mol. The SMILES string of the molecule is O=C(Nc1c(Br)cc([N+](=O)[O-])cc1Br)c1[nH]ncc1Br.